The zero-order valence-corrected chi connectivity index (χ0v) is 11.8. The minimum Gasteiger partial charge on any atom is -0.478 e. The van der Waals surface area contributed by atoms with Crippen LogP contribution in [0.2, 0.25) is 0 Å². The van der Waals surface area contributed by atoms with Gasteiger partial charge in [0.05, 0.1) is 5.56 Å². The van der Waals surface area contributed by atoms with Crippen molar-refractivity contribution < 1.29 is 14.7 Å². The first-order chi connectivity index (χ1) is 8.70. The van der Waals surface area contributed by atoms with Crippen LogP contribution in [0.25, 0.3) is 0 Å². The van der Waals surface area contributed by atoms with Crippen LogP contribution in [0.3, 0.4) is 0 Å². The summed E-state index contributed by atoms with van der Waals surface area (Å²) in [5, 5.41) is 14.3. The number of carboxylic acids is 1. The Morgan fingerprint density at radius 3 is 2.11 bits per heavy atom. The molecule has 0 spiro atoms. The average molecular weight is 280 g/mol. The summed E-state index contributed by atoms with van der Waals surface area (Å²) >= 11 is 5.01. The highest BCUT2D eigenvalue weighted by Crippen LogP contribution is 2.13. The molecule has 0 fully saturated rings. The first kappa shape index (κ1) is 15.1. The molecule has 0 heterocycles. The van der Waals surface area contributed by atoms with E-state index in [1.54, 1.807) is 32.9 Å². The van der Waals surface area contributed by atoms with Gasteiger partial charge in [-0.25, -0.2) is 4.79 Å². The van der Waals surface area contributed by atoms with Gasteiger partial charge >= 0.3 is 5.97 Å². The second kappa shape index (κ2) is 5.79. The number of benzene rings is 1. The maximum Gasteiger partial charge on any atom is 0.335 e. The molecule has 6 heteroatoms. The lowest BCUT2D eigenvalue weighted by Crippen LogP contribution is -2.41. The fourth-order valence-corrected chi connectivity index (χ4v) is 1.36. The minimum absolute atomic E-state index is 0.183. The molecule has 1 aromatic carbocycles. The van der Waals surface area contributed by atoms with E-state index >= 15 is 0 Å². The van der Waals surface area contributed by atoms with E-state index in [1.165, 1.54) is 12.1 Å². The molecular formula is C13H16N2O3S. The first-order valence-corrected chi connectivity index (χ1v) is 6.07. The molecule has 5 nitrogen and oxygen atoms in total. The number of carboxylic acid groups (broad SMARTS) is 1. The van der Waals surface area contributed by atoms with Crippen LogP contribution in [0, 0.1) is 5.41 Å². The maximum atomic E-state index is 11.7. The van der Waals surface area contributed by atoms with E-state index in [4.69, 9.17) is 17.3 Å². The summed E-state index contributed by atoms with van der Waals surface area (Å²) in [7, 11) is 0. The SMILES string of the molecule is CC(C)(C)C(=O)NC(=S)Nc1ccc(C(=O)O)cc1. The Hall–Kier alpha value is -1.95. The van der Waals surface area contributed by atoms with Crippen molar-refractivity contribution in [2.24, 2.45) is 5.41 Å². The molecule has 0 saturated heterocycles. The number of anilines is 1. The van der Waals surface area contributed by atoms with E-state index in [9.17, 15) is 9.59 Å². The Morgan fingerprint density at radius 1 is 1.16 bits per heavy atom. The lowest BCUT2D eigenvalue weighted by molar-refractivity contribution is -0.126. The molecule has 0 aliphatic heterocycles. The predicted molar refractivity (Wildman–Crippen MR) is 77.2 cm³/mol. The van der Waals surface area contributed by atoms with E-state index in [1.807, 2.05) is 0 Å². The van der Waals surface area contributed by atoms with Crippen molar-refractivity contribution in [1.29, 1.82) is 0 Å². The smallest absolute Gasteiger partial charge is 0.335 e. The van der Waals surface area contributed by atoms with Gasteiger partial charge in [0.2, 0.25) is 5.91 Å². The molecule has 1 aromatic rings. The van der Waals surface area contributed by atoms with Crippen LogP contribution < -0.4 is 10.6 Å². The summed E-state index contributed by atoms with van der Waals surface area (Å²) in [6.45, 7) is 5.35. The third-order valence-electron chi connectivity index (χ3n) is 2.30. The summed E-state index contributed by atoms with van der Waals surface area (Å²) in [5.41, 5.74) is 0.276. The number of hydrogen-bond donors (Lipinski definition) is 3. The van der Waals surface area contributed by atoms with Crippen molar-refractivity contribution in [3.8, 4) is 0 Å². The fourth-order valence-electron chi connectivity index (χ4n) is 1.15. The Labute approximate surface area is 117 Å². The average Bonchev–Trinajstić information content (AvgIpc) is 2.28. The van der Waals surface area contributed by atoms with Crippen LogP contribution >= 0.6 is 12.2 Å². The van der Waals surface area contributed by atoms with Gasteiger partial charge in [-0.2, -0.15) is 0 Å². The molecule has 0 aliphatic rings. The number of carbonyl (C=O) groups is 2. The molecular weight excluding hydrogens is 264 g/mol. The molecule has 0 bridgehead atoms. The lowest BCUT2D eigenvalue weighted by Gasteiger charge is -2.18. The lowest BCUT2D eigenvalue weighted by atomic mass is 9.96. The van der Waals surface area contributed by atoms with Crippen LogP contribution in [-0.4, -0.2) is 22.1 Å². The number of thiocarbonyl (C=S) groups is 1. The quantitative estimate of drug-likeness (QED) is 0.724. The van der Waals surface area contributed by atoms with Gasteiger partial charge in [-0.3, -0.25) is 4.79 Å². The van der Waals surface area contributed by atoms with E-state index in [2.05, 4.69) is 10.6 Å². The molecule has 0 aromatic heterocycles. The summed E-state index contributed by atoms with van der Waals surface area (Å²) in [6, 6.07) is 6.08. The fraction of sp³-hybridized carbons (Fsp3) is 0.308. The van der Waals surface area contributed by atoms with E-state index in [0.29, 0.717) is 5.69 Å². The molecule has 19 heavy (non-hydrogen) atoms. The van der Waals surface area contributed by atoms with E-state index in [-0.39, 0.29) is 16.6 Å². The summed E-state index contributed by atoms with van der Waals surface area (Å²) in [5.74, 6) is -1.18. The molecule has 1 rings (SSSR count). The van der Waals surface area contributed by atoms with Crippen molar-refractivity contribution in [1.82, 2.24) is 5.32 Å². The van der Waals surface area contributed by atoms with Crippen molar-refractivity contribution in [3.63, 3.8) is 0 Å². The first-order valence-electron chi connectivity index (χ1n) is 5.66. The topological polar surface area (TPSA) is 78.4 Å². The van der Waals surface area contributed by atoms with Crippen molar-refractivity contribution in [2.75, 3.05) is 5.32 Å². The highest BCUT2D eigenvalue weighted by molar-refractivity contribution is 7.80. The molecule has 3 N–H and O–H groups in total. The number of aromatic carboxylic acids is 1. The number of nitrogens with one attached hydrogen (secondary N) is 2. The van der Waals surface area contributed by atoms with Gasteiger partial charge in [0.1, 0.15) is 0 Å². The molecule has 102 valence electrons. The zero-order chi connectivity index (χ0) is 14.6. The maximum absolute atomic E-state index is 11.7. The highest BCUT2D eigenvalue weighted by atomic mass is 32.1. The number of amides is 1. The minimum atomic E-state index is -0.991. The van der Waals surface area contributed by atoms with Crippen LogP contribution in [0.4, 0.5) is 5.69 Å². The van der Waals surface area contributed by atoms with Gasteiger partial charge < -0.3 is 15.7 Å². The normalized spacial score (nSPS) is 10.7. The second-order valence-corrected chi connectivity index (χ2v) is 5.45. The Bertz CT molecular complexity index is 504. The number of hydrogen-bond acceptors (Lipinski definition) is 3. The van der Waals surface area contributed by atoms with Crippen molar-refractivity contribution in [3.05, 3.63) is 29.8 Å². The third kappa shape index (κ3) is 4.67. The van der Waals surface area contributed by atoms with Gasteiger partial charge in [-0.1, -0.05) is 20.8 Å². The third-order valence-corrected chi connectivity index (χ3v) is 2.50. The second-order valence-electron chi connectivity index (χ2n) is 5.04. The summed E-state index contributed by atoms with van der Waals surface area (Å²) in [6.07, 6.45) is 0. The van der Waals surface area contributed by atoms with E-state index in [0.717, 1.165) is 0 Å². The number of carbonyl (C=O) groups excluding carboxylic acids is 1. The molecule has 1 amide bonds. The molecule has 0 atom stereocenters. The summed E-state index contributed by atoms with van der Waals surface area (Å²) in [4.78, 5) is 22.4. The predicted octanol–water partition coefficient (Wildman–Crippen LogP) is 2.24. The van der Waals surface area contributed by atoms with Gasteiger partial charge in [0.25, 0.3) is 0 Å². The molecule has 0 saturated carbocycles. The number of rotatable bonds is 2. The van der Waals surface area contributed by atoms with Crippen LogP contribution in [0.1, 0.15) is 31.1 Å². The van der Waals surface area contributed by atoms with Gasteiger partial charge in [0, 0.05) is 11.1 Å². The Balaban J connectivity index is 2.63. The largest absolute Gasteiger partial charge is 0.478 e. The van der Waals surface area contributed by atoms with Gasteiger partial charge in [-0.05, 0) is 36.5 Å². The standard InChI is InChI=1S/C13H16N2O3S/c1-13(2,3)11(18)15-12(19)14-9-6-4-8(5-7-9)10(16)17/h4-7H,1-3H3,(H,16,17)(H2,14,15,18,19). The van der Waals surface area contributed by atoms with Crippen LogP contribution in [0.5, 0.6) is 0 Å². The molecule has 0 radical (unpaired) electrons. The zero-order valence-electron chi connectivity index (χ0n) is 11.0. The molecule has 0 unspecified atom stereocenters. The molecule has 0 aliphatic carbocycles. The summed E-state index contributed by atoms with van der Waals surface area (Å²) < 4.78 is 0. The van der Waals surface area contributed by atoms with Gasteiger partial charge in [0.15, 0.2) is 5.11 Å². The van der Waals surface area contributed by atoms with Crippen molar-refractivity contribution in [2.45, 2.75) is 20.8 Å². The van der Waals surface area contributed by atoms with Crippen LogP contribution in [-0.2, 0) is 4.79 Å². The Kier molecular flexibility index (Phi) is 4.61. The van der Waals surface area contributed by atoms with Gasteiger partial charge in [-0.15, -0.1) is 0 Å². The monoisotopic (exact) mass is 280 g/mol. The Morgan fingerprint density at radius 2 is 1.68 bits per heavy atom. The van der Waals surface area contributed by atoms with E-state index < -0.39 is 11.4 Å². The van der Waals surface area contributed by atoms with Crippen LogP contribution in [0.15, 0.2) is 24.3 Å². The van der Waals surface area contributed by atoms with Crippen molar-refractivity contribution >= 4 is 34.9 Å². The highest BCUT2D eigenvalue weighted by Gasteiger charge is 2.21.